The zero-order chi connectivity index (χ0) is 27.7. The summed E-state index contributed by atoms with van der Waals surface area (Å²) in [5.74, 6) is -0.0976. The van der Waals surface area contributed by atoms with E-state index < -0.39 is 6.04 Å². The van der Waals surface area contributed by atoms with E-state index in [0.717, 1.165) is 16.7 Å². The lowest BCUT2D eigenvalue weighted by molar-refractivity contribution is -0.113. The Labute approximate surface area is 230 Å². The molecule has 0 saturated heterocycles. The molecule has 9 heteroatoms. The average molecular weight is 542 g/mol. The summed E-state index contributed by atoms with van der Waals surface area (Å²) in [4.78, 5) is 31.0. The summed E-state index contributed by atoms with van der Waals surface area (Å²) in [6, 6.07) is 18.6. The lowest BCUT2D eigenvalue weighted by Crippen LogP contribution is -2.31. The van der Waals surface area contributed by atoms with Gasteiger partial charge in [-0.05, 0) is 57.0 Å². The van der Waals surface area contributed by atoms with Crippen LogP contribution in [-0.4, -0.2) is 32.2 Å². The van der Waals surface area contributed by atoms with Crippen molar-refractivity contribution < 1.29 is 14.0 Å². The highest BCUT2D eigenvalue weighted by Gasteiger charge is 2.34. The minimum absolute atomic E-state index is 0.0290. The van der Waals surface area contributed by atoms with Gasteiger partial charge in [0.1, 0.15) is 11.9 Å². The highest BCUT2D eigenvalue weighted by atomic mass is 32.2. The number of benzene rings is 3. The van der Waals surface area contributed by atoms with E-state index in [2.05, 4.69) is 20.7 Å². The molecule has 0 radical (unpaired) electrons. The Morgan fingerprint density at radius 2 is 1.67 bits per heavy atom. The van der Waals surface area contributed by atoms with Crippen LogP contribution in [0.2, 0.25) is 0 Å². The highest BCUT2D eigenvalue weighted by molar-refractivity contribution is 7.99. The summed E-state index contributed by atoms with van der Waals surface area (Å²) in [5, 5.41) is 11.3. The molecule has 39 heavy (non-hydrogen) atoms. The van der Waals surface area contributed by atoms with Gasteiger partial charge in [0.25, 0.3) is 5.91 Å². The van der Waals surface area contributed by atoms with Crippen molar-refractivity contribution in [2.45, 2.75) is 38.9 Å². The second-order valence-corrected chi connectivity index (χ2v) is 10.6. The number of amides is 1. The minimum atomic E-state index is -0.651. The molecular formula is C30H28FN5O2S. The van der Waals surface area contributed by atoms with Gasteiger partial charge in [-0.3, -0.25) is 9.59 Å². The highest BCUT2D eigenvalue weighted by Crippen LogP contribution is 2.37. The topological polar surface area (TPSA) is 88.9 Å². The third-order valence-electron chi connectivity index (χ3n) is 6.60. The van der Waals surface area contributed by atoms with E-state index in [4.69, 9.17) is 0 Å². The first-order valence-corrected chi connectivity index (χ1v) is 13.5. The van der Waals surface area contributed by atoms with E-state index in [9.17, 15) is 14.0 Å². The van der Waals surface area contributed by atoms with Gasteiger partial charge >= 0.3 is 0 Å². The molecule has 0 aliphatic carbocycles. The predicted molar refractivity (Wildman–Crippen MR) is 152 cm³/mol. The number of nitrogens with one attached hydrogen (secondary N) is 2. The van der Waals surface area contributed by atoms with Crippen LogP contribution in [0.4, 0.5) is 16.0 Å². The fourth-order valence-electron chi connectivity index (χ4n) is 4.54. The standard InChI is InChI=1S/C30H28FN5O2S/c1-17-5-8-21(9-6-17)25(37)16-39-30-34-29-32-20(4)26(28(38)33-24-14-7-18(2)15-19(24)3)27(36(29)35-30)22-10-12-23(31)13-11-22/h5-15,27H,16H2,1-4H3,(H,33,38)(H,32,34,35). The van der Waals surface area contributed by atoms with Crippen LogP contribution in [0, 0.1) is 26.6 Å². The summed E-state index contributed by atoms with van der Waals surface area (Å²) >= 11 is 1.23. The zero-order valence-corrected chi connectivity index (χ0v) is 22.9. The van der Waals surface area contributed by atoms with E-state index >= 15 is 0 Å². The van der Waals surface area contributed by atoms with Crippen LogP contribution in [0.25, 0.3) is 0 Å². The molecule has 0 fully saturated rings. The average Bonchev–Trinajstić information content (AvgIpc) is 3.31. The lowest BCUT2D eigenvalue weighted by atomic mass is 9.95. The molecule has 198 valence electrons. The molecule has 1 unspecified atom stereocenters. The van der Waals surface area contributed by atoms with Gasteiger partial charge in [0.15, 0.2) is 5.78 Å². The van der Waals surface area contributed by atoms with E-state index in [0.29, 0.717) is 39.2 Å². The largest absolute Gasteiger partial charge is 0.328 e. The summed E-state index contributed by atoms with van der Waals surface area (Å²) in [7, 11) is 0. The van der Waals surface area contributed by atoms with E-state index in [1.165, 1.54) is 23.9 Å². The van der Waals surface area contributed by atoms with Crippen LogP contribution >= 0.6 is 11.8 Å². The van der Waals surface area contributed by atoms with Gasteiger partial charge in [-0.2, -0.15) is 4.98 Å². The van der Waals surface area contributed by atoms with Gasteiger partial charge in [0.05, 0.1) is 11.3 Å². The third-order valence-corrected chi connectivity index (χ3v) is 7.44. The number of hydrogen-bond acceptors (Lipinski definition) is 6. The second kappa shape index (κ2) is 10.9. The van der Waals surface area contributed by atoms with Gasteiger partial charge in [-0.1, -0.05) is 71.4 Å². The number of hydrogen-bond donors (Lipinski definition) is 2. The molecule has 1 aliphatic rings. The molecule has 2 N–H and O–H groups in total. The van der Waals surface area contributed by atoms with Crippen molar-refractivity contribution in [1.82, 2.24) is 14.8 Å². The lowest BCUT2D eigenvalue weighted by Gasteiger charge is -2.28. The van der Waals surface area contributed by atoms with Crippen LogP contribution < -0.4 is 10.6 Å². The summed E-state index contributed by atoms with van der Waals surface area (Å²) in [5.41, 5.74) is 6.19. The zero-order valence-electron chi connectivity index (χ0n) is 22.1. The molecule has 0 spiro atoms. The van der Waals surface area contributed by atoms with Gasteiger partial charge in [-0.25, -0.2) is 9.07 Å². The normalized spacial score (nSPS) is 14.5. The molecule has 0 bridgehead atoms. The molecule has 2 heterocycles. The number of carbonyl (C=O) groups excluding carboxylic acids is 2. The molecule has 3 aromatic carbocycles. The van der Waals surface area contributed by atoms with Gasteiger partial charge in [0.2, 0.25) is 11.1 Å². The molecule has 0 saturated carbocycles. The molecule has 1 atom stereocenters. The number of ketones is 1. The number of Topliss-reactive ketones (excluding diaryl/α,β-unsaturated/α-hetero) is 1. The molecule has 1 aromatic heterocycles. The van der Waals surface area contributed by atoms with Crippen molar-refractivity contribution in [1.29, 1.82) is 0 Å². The maximum Gasteiger partial charge on any atom is 0.255 e. The number of carbonyl (C=O) groups is 2. The van der Waals surface area contributed by atoms with Gasteiger partial charge in [-0.15, -0.1) is 5.10 Å². The molecule has 5 rings (SSSR count). The number of aryl methyl sites for hydroxylation is 3. The Morgan fingerprint density at radius 1 is 0.974 bits per heavy atom. The Hall–Kier alpha value is -4.24. The van der Waals surface area contributed by atoms with Crippen molar-refractivity contribution in [2.75, 3.05) is 16.4 Å². The van der Waals surface area contributed by atoms with Crippen LogP contribution in [0.3, 0.4) is 0 Å². The predicted octanol–water partition coefficient (Wildman–Crippen LogP) is 6.25. The number of allylic oxidation sites excluding steroid dienone is 1. The second-order valence-electron chi connectivity index (χ2n) is 9.63. The molecule has 1 amide bonds. The number of rotatable bonds is 7. The quantitative estimate of drug-likeness (QED) is 0.213. The van der Waals surface area contributed by atoms with Gasteiger partial charge < -0.3 is 10.6 Å². The van der Waals surface area contributed by atoms with E-state index in [-0.39, 0.29) is 23.3 Å². The fourth-order valence-corrected chi connectivity index (χ4v) is 5.26. The Balaban J connectivity index is 1.45. The molecule has 4 aromatic rings. The monoisotopic (exact) mass is 541 g/mol. The van der Waals surface area contributed by atoms with Crippen molar-refractivity contribution in [2.24, 2.45) is 0 Å². The summed E-state index contributed by atoms with van der Waals surface area (Å²) < 4.78 is 15.4. The smallest absolute Gasteiger partial charge is 0.255 e. The van der Waals surface area contributed by atoms with Crippen molar-refractivity contribution >= 4 is 35.1 Å². The fraction of sp³-hybridized carbons (Fsp3) is 0.200. The van der Waals surface area contributed by atoms with Crippen LogP contribution in [0.15, 0.2) is 83.2 Å². The number of aromatic nitrogens is 3. The summed E-state index contributed by atoms with van der Waals surface area (Å²) in [6.07, 6.45) is 0. The Morgan fingerprint density at radius 3 is 2.36 bits per heavy atom. The SMILES string of the molecule is CC1=C(C(=O)Nc2ccc(C)cc2C)C(c2ccc(F)cc2)n2nc(SCC(=O)c3ccc(C)cc3)nc2N1. The first kappa shape index (κ1) is 26.4. The summed E-state index contributed by atoms with van der Waals surface area (Å²) in [6.45, 7) is 7.72. The number of anilines is 2. The van der Waals surface area contributed by atoms with E-state index in [1.54, 1.807) is 23.7 Å². The number of halogens is 1. The third kappa shape index (κ3) is 5.63. The number of fused-ring (bicyclic) bond motifs is 1. The van der Waals surface area contributed by atoms with Crippen LogP contribution in [-0.2, 0) is 4.79 Å². The van der Waals surface area contributed by atoms with Gasteiger partial charge in [0, 0.05) is 16.9 Å². The van der Waals surface area contributed by atoms with Crippen molar-refractivity contribution in [3.63, 3.8) is 0 Å². The van der Waals surface area contributed by atoms with Crippen LogP contribution in [0.5, 0.6) is 0 Å². The number of nitrogens with zero attached hydrogens (tertiary/aromatic N) is 3. The first-order chi connectivity index (χ1) is 18.7. The maximum atomic E-state index is 13.8. The van der Waals surface area contributed by atoms with E-state index in [1.807, 2.05) is 63.2 Å². The maximum absolute atomic E-state index is 13.8. The first-order valence-electron chi connectivity index (χ1n) is 12.5. The number of thioether (sulfide) groups is 1. The molecule has 1 aliphatic heterocycles. The molecule has 7 nitrogen and oxygen atoms in total. The Kier molecular flexibility index (Phi) is 7.34. The van der Waals surface area contributed by atoms with Crippen molar-refractivity contribution in [3.8, 4) is 0 Å². The van der Waals surface area contributed by atoms with Crippen LogP contribution in [0.1, 0.15) is 45.6 Å². The minimum Gasteiger partial charge on any atom is -0.328 e. The van der Waals surface area contributed by atoms with Crippen molar-refractivity contribution in [3.05, 3.63) is 112 Å². The Bertz CT molecular complexity index is 1590. The molecular weight excluding hydrogens is 513 g/mol.